The maximum absolute atomic E-state index is 11.7. The summed E-state index contributed by atoms with van der Waals surface area (Å²) in [5, 5.41) is 0. The van der Waals surface area contributed by atoms with Gasteiger partial charge in [-0.2, -0.15) is 13.2 Å². The van der Waals surface area contributed by atoms with E-state index in [0.29, 0.717) is 6.29 Å². The number of aldehydes is 1. The van der Waals surface area contributed by atoms with Gasteiger partial charge < -0.3 is 4.79 Å². The molecule has 1 unspecified atom stereocenters. The Morgan fingerprint density at radius 3 is 2.30 bits per heavy atom. The zero-order valence-corrected chi connectivity index (χ0v) is 5.61. The molecule has 60 valence electrons. The lowest BCUT2D eigenvalue weighted by Crippen LogP contribution is -2.19. The van der Waals surface area contributed by atoms with Crippen molar-refractivity contribution in [1.29, 1.82) is 0 Å². The minimum Gasteiger partial charge on any atom is -0.303 e. The molecule has 0 saturated heterocycles. The highest BCUT2D eigenvalue weighted by Gasteiger charge is 2.34. The van der Waals surface area contributed by atoms with E-state index >= 15 is 0 Å². The summed E-state index contributed by atoms with van der Waals surface area (Å²) in [4.78, 5) is 9.67. The molecule has 0 aliphatic rings. The second-order valence-electron chi connectivity index (χ2n) is 2.19. The molecule has 0 spiro atoms. The molecule has 1 nitrogen and oxygen atoms in total. The first kappa shape index (κ1) is 9.46. The molecule has 4 heteroatoms. The molecule has 0 bridgehead atoms. The Kier molecular flexibility index (Phi) is 3.39. The summed E-state index contributed by atoms with van der Waals surface area (Å²) in [7, 11) is 0. The van der Waals surface area contributed by atoms with Crippen molar-refractivity contribution >= 4 is 6.29 Å². The van der Waals surface area contributed by atoms with Crippen LogP contribution in [0.2, 0.25) is 0 Å². The van der Waals surface area contributed by atoms with Crippen molar-refractivity contribution in [3.63, 3.8) is 0 Å². The third-order valence-corrected chi connectivity index (χ3v) is 1.28. The van der Waals surface area contributed by atoms with Crippen LogP contribution in [0.15, 0.2) is 0 Å². The van der Waals surface area contributed by atoms with Gasteiger partial charge in [0.15, 0.2) is 0 Å². The molecule has 0 saturated carbocycles. The van der Waals surface area contributed by atoms with E-state index in [9.17, 15) is 18.0 Å². The smallest absolute Gasteiger partial charge is 0.303 e. The van der Waals surface area contributed by atoms with Crippen molar-refractivity contribution in [2.75, 3.05) is 0 Å². The molecule has 0 aromatic carbocycles. The molecule has 0 aromatic heterocycles. The summed E-state index contributed by atoms with van der Waals surface area (Å²) in [5.41, 5.74) is 0. The van der Waals surface area contributed by atoms with Crippen LogP contribution in [0.25, 0.3) is 0 Å². The molecule has 0 radical (unpaired) electrons. The number of hydrogen-bond donors (Lipinski definition) is 0. The molecule has 0 aromatic rings. The average molecular weight is 154 g/mol. The first-order chi connectivity index (χ1) is 4.48. The van der Waals surface area contributed by atoms with Gasteiger partial charge in [-0.15, -0.1) is 0 Å². The number of halogens is 3. The molecular formula is C6H9F3O. The van der Waals surface area contributed by atoms with E-state index in [0.717, 1.165) is 6.92 Å². The van der Waals surface area contributed by atoms with E-state index in [1.807, 2.05) is 0 Å². The highest BCUT2D eigenvalue weighted by atomic mass is 19.4. The molecule has 0 heterocycles. The minimum atomic E-state index is -4.15. The number of alkyl halides is 3. The molecule has 0 rings (SSSR count). The lowest BCUT2D eigenvalue weighted by molar-refractivity contribution is -0.171. The SMILES string of the molecule is CC(CCC=O)C(F)(F)F. The second kappa shape index (κ2) is 3.58. The molecule has 0 amide bonds. The van der Waals surface area contributed by atoms with Crippen LogP contribution in [0.5, 0.6) is 0 Å². The maximum Gasteiger partial charge on any atom is 0.391 e. The van der Waals surface area contributed by atoms with Crippen molar-refractivity contribution < 1.29 is 18.0 Å². The van der Waals surface area contributed by atoms with E-state index in [2.05, 4.69) is 0 Å². The van der Waals surface area contributed by atoms with Crippen LogP contribution in [0.3, 0.4) is 0 Å². The van der Waals surface area contributed by atoms with E-state index < -0.39 is 12.1 Å². The normalized spacial score (nSPS) is 14.8. The maximum atomic E-state index is 11.7. The highest BCUT2D eigenvalue weighted by molar-refractivity contribution is 5.49. The lowest BCUT2D eigenvalue weighted by Gasteiger charge is -2.12. The van der Waals surface area contributed by atoms with Crippen LogP contribution in [0.1, 0.15) is 19.8 Å². The van der Waals surface area contributed by atoms with E-state index in [1.54, 1.807) is 0 Å². The molecule has 0 aliphatic heterocycles. The Labute approximate surface area is 57.2 Å². The topological polar surface area (TPSA) is 17.1 Å². The number of carbonyl (C=O) groups excluding carboxylic acids is 1. The minimum absolute atomic E-state index is 0.0132. The Morgan fingerprint density at radius 1 is 1.50 bits per heavy atom. The van der Waals surface area contributed by atoms with Gasteiger partial charge in [0.2, 0.25) is 0 Å². The summed E-state index contributed by atoms with van der Waals surface area (Å²) >= 11 is 0. The average Bonchev–Trinajstić information content (AvgIpc) is 1.80. The van der Waals surface area contributed by atoms with Crippen LogP contribution in [0, 0.1) is 5.92 Å². The van der Waals surface area contributed by atoms with Crippen LogP contribution in [0.4, 0.5) is 13.2 Å². The molecule has 0 fully saturated rings. The molecule has 1 atom stereocenters. The van der Waals surface area contributed by atoms with Crippen molar-refractivity contribution in [3.05, 3.63) is 0 Å². The third-order valence-electron chi connectivity index (χ3n) is 1.28. The van der Waals surface area contributed by atoms with E-state index in [-0.39, 0.29) is 12.8 Å². The van der Waals surface area contributed by atoms with Crippen LogP contribution >= 0.6 is 0 Å². The van der Waals surface area contributed by atoms with Crippen LogP contribution in [-0.2, 0) is 4.79 Å². The monoisotopic (exact) mass is 154 g/mol. The zero-order chi connectivity index (χ0) is 8.20. The fourth-order valence-electron chi connectivity index (χ4n) is 0.482. The molecule has 10 heavy (non-hydrogen) atoms. The fourth-order valence-corrected chi connectivity index (χ4v) is 0.482. The fraction of sp³-hybridized carbons (Fsp3) is 0.833. The second-order valence-corrected chi connectivity index (χ2v) is 2.19. The van der Waals surface area contributed by atoms with Crippen molar-refractivity contribution in [1.82, 2.24) is 0 Å². The van der Waals surface area contributed by atoms with Crippen molar-refractivity contribution in [3.8, 4) is 0 Å². The summed E-state index contributed by atoms with van der Waals surface area (Å²) in [6.45, 7) is 1.07. The highest BCUT2D eigenvalue weighted by Crippen LogP contribution is 2.28. The van der Waals surface area contributed by atoms with Gasteiger partial charge in [0.1, 0.15) is 6.29 Å². The summed E-state index contributed by atoms with van der Waals surface area (Å²) in [6.07, 6.45) is -3.76. The van der Waals surface area contributed by atoms with Gasteiger partial charge in [0.25, 0.3) is 0 Å². The summed E-state index contributed by atoms with van der Waals surface area (Å²) in [6, 6.07) is 0. The van der Waals surface area contributed by atoms with Gasteiger partial charge in [-0.25, -0.2) is 0 Å². The van der Waals surface area contributed by atoms with Gasteiger partial charge >= 0.3 is 6.18 Å². The largest absolute Gasteiger partial charge is 0.391 e. The quantitative estimate of drug-likeness (QED) is 0.569. The number of hydrogen-bond acceptors (Lipinski definition) is 1. The standard InChI is InChI=1S/C6H9F3O/c1-5(3-2-4-10)6(7,8)9/h4-5H,2-3H2,1H3. The molecule has 0 N–H and O–H groups in total. The van der Waals surface area contributed by atoms with Gasteiger partial charge in [-0.3, -0.25) is 0 Å². The Hall–Kier alpha value is -0.540. The predicted octanol–water partition coefficient (Wildman–Crippen LogP) is 2.16. The predicted molar refractivity (Wildman–Crippen MR) is 30.5 cm³/mol. The number of rotatable bonds is 3. The van der Waals surface area contributed by atoms with Gasteiger partial charge in [-0.1, -0.05) is 6.92 Å². The lowest BCUT2D eigenvalue weighted by atomic mass is 10.1. The number of carbonyl (C=O) groups is 1. The van der Waals surface area contributed by atoms with Crippen molar-refractivity contribution in [2.24, 2.45) is 5.92 Å². The van der Waals surface area contributed by atoms with Crippen LogP contribution in [-0.4, -0.2) is 12.5 Å². The van der Waals surface area contributed by atoms with E-state index in [1.165, 1.54) is 0 Å². The van der Waals surface area contributed by atoms with Crippen LogP contribution < -0.4 is 0 Å². The Bertz CT molecular complexity index is 108. The summed E-state index contributed by atoms with van der Waals surface area (Å²) < 4.78 is 35.0. The first-order valence-electron chi connectivity index (χ1n) is 2.99. The molecule has 0 aliphatic carbocycles. The summed E-state index contributed by atoms with van der Waals surface area (Å²) in [5.74, 6) is -1.36. The third kappa shape index (κ3) is 3.48. The first-order valence-corrected chi connectivity index (χ1v) is 2.99. The zero-order valence-electron chi connectivity index (χ0n) is 5.61. The van der Waals surface area contributed by atoms with Crippen molar-refractivity contribution in [2.45, 2.75) is 25.9 Å². The van der Waals surface area contributed by atoms with E-state index in [4.69, 9.17) is 0 Å². The van der Waals surface area contributed by atoms with Gasteiger partial charge in [-0.05, 0) is 6.42 Å². The van der Waals surface area contributed by atoms with Gasteiger partial charge in [0.05, 0.1) is 5.92 Å². The Balaban J connectivity index is 3.61. The molecular weight excluding hydrogens is 145 g/mol. The Morgan fingerprint density at radius 2 is 2.00 bits per heavy atom. The van der Waals surface area contributed by atoms with Gasteiger partial charge in [0, 0.05) is 6.42 Å².